The fourth-order valence-corrected chi connectivity index (χ4v) is 9.62. The lowest BCUT2D eigenvalue weighted by Crippen LogP contribution is -2.61. The third-order valence-electron chi connectivity index (χ3n) is 13.3. The Kier molecular flexibility index (Phi) is 21.5. The minimum atomic E-state index is -1.02. The fourth-order valence-electron chi connectivity index (χ4n) is 9.62. The van der Waals surface area contributed by atoms with E-state index in [2.05, 4.69) is 85.7 Å². The number of hydrogen-bond acceptors (Lipinski definition) is 11. The lowest BCUT2D eigenvalue weighted by molar-refractivity contribution is -0.140. The van der Waals surface area contributed by atoms with Crippen LogP contribution in [0.15, 0.2) is 97.1 Å². The van der Waals surface area contributed by atoms with E-state index >= 15 is 0 Å². The van der Waals surface area contributed by atoms with E-state index in [1.165, 1.54) is 22.3 Å². The number of carboxylic acid groups (broad SMARTS) is 1. The predicted molar refractivity (Wildman–Crippen MR) is 281 cm³/mol. The Morgan fingerprint density at radius 2 is 0.813 bits per heavy atom. The van der Waals surface area contributed by atoms with E-state index in [9.17, 15) is 38.4 Å². The van der Waals surface area contributed by atoms with Crippen LogP contribution in [0.25, 0.3) is 22.3 Å². The average Bonchev–Trinajstić information content (AvgIpc) is 3.92. The molecule has 0 radical (unpaired) electrons. The normalized spacial score (nSPS) is 18.0. The number of piperazine rings is 2. The highest BCUT2D eigenvalue weighted by molar-refractivity contribution is 5.98. The molecular weight excluding hydrogens is 961 g/mol. The van der Waals surface area contributed by atoms with Crippen LogP contribution in [0.3, 0.4) is 0 Å². The molecule has 19 heteroatoms. The Morgan fingerprint density at radius 3 is 1.15 bits per heavy atom. The molecule has 4 aromatic rings. The van der Waals surface area contributed by atoms with E-state index in [1.807, 2.05) is 62.4 Å². The van der Waals surface area contributed by atoms with Crippen LogP contribution in [-0.2, 0) is 38.2 Å². The Morgan fingerprint density at radius 1 is 0.493 bits per heavy atom. The summed E-state index contributed by atoms with van der Waals surface area (Å²) in [7, 11) is 0. The minimum Gasteiger partial charge on any atom is -0.481 e. The number of alkyl carbamates (subject to hydrolysis) is 2. The molecule has 19 nitrogen and oxygen atoms in total. The van der Waals surface area contributed by atoms with Gasteiger partial charge in [0.15, 0.2) is 0 Å². The van der Waals surface area contributed by atoms with Gasteiger partial charge in [0.1, 0.15) is 37.4 Å². The zero-order valence-electron chi connectivity index (χ0n) is 42.6. The molecule has 7 amide bonds. The standard InChI is InChI=1S/C28H34N4O5.C26H29N3O6.C2H7N/c1-2-29-25(33)15-14-24-27(35)31-23(26(34)32-24)13-7-8-16-30-28(36)37-17-22-20-11-5-3-9-18(20)19-10-4-6-12-21(19)22;30-23(31)13-12-22-25(33)28-21(24(32)29-22)11-5-6-14-27-26(34)35-15-20-18-9-3-1-7-16(18)17-8-2-4-10-19(17)20;1-2-3/h3-6,9-12,22-24H,2,7-8,13-17H2,1H3,(H,29,33)(H,30,36)(H,31,35)(H,32,34);1-4,7-10,20-22H,5-6,11-15H2,(H,27,34)(H,28,33)(H,29,32)(H,30,31);2-3H2,1H3/t23-,24-;21-,22-;/m00./s1. The summed E-state index contributed by atoms with van der Waals surface area (Å²) in [5.74, 6) is -2.35. The topological polar surface area (TPSA) is 285 Å². The highest BCUT2D eigenvalue weighted by Gasteiger charge is 2.35. The second-order valence-corrected chi connectivity index (χ2v) is 18.6. The SMILES string of the molecule is CCN.CCNC(=O)CC[C@@H]1NC(=O)[C@H](CCCCNC(=O)OCC2c3ccccc3-c3ccccc32)NC1=O.O=C(O)CC[C@@H]1NC(=O)[C@H](CCCCNC(=O)OCC2c3ccccc3-c3ccccc32)NC1=O. The van der Waals surface area contributed by atoms with Crippen LogP contribution in [0.5, 0.6) is 0 Å². The number of carbonyl (C=O) groups is 8. The first-order chi connectivity index (χ1) is 36.3. The molecule has 4 aromatic carbocycles. The second kappa shape index (κ2) is 28.6. The van der Waals surface area contributed by atoms with Crippen molar-refractivity contribution < 1.29 is 52.9 Å². The minimum absolute atomic E-state index is 0.000833. The van der Waals surface area contributed by atoms with E-state index in [4.69, 9.17) is 20.3 Å². The van der Waals surface area contributed by atoms with E-state index in [0.717, 1.165) is 28.8 Å². The number of amides is 7. The van der Waals surface area contributed by atoms with Crippen molar-refractivity contribution in [3.63, 3.8) is 0 Å². The van der Waals surface area contributed by atoms with Gasteiger partial charge < -0.3 is 57.5 Å². The number of ether oxygens (including phenoxy) is 2. The van der Waals surface area contributed by atoms with Crippen LogP contribution >= 0.6 is 0 Å². The summed E-state index contributed by atoms with van der Waals surface area (Å²) in [6.07, 6.45) is 2.76. The van der Waals surface area contributed by atoms with Crippen LogP contribution in [-0.4, -0.2) is 116 Å². The third kappa shape index (κ3) is 15.9. The molecule has 0 aromatic heterocycles. The molecule has 75 heavy (non-hydrogen) atoms. The molecule has 400 valence electrons. The van der Waals surface area contributed by atoms with Gasteiger partial charge in [-0.2, -0.15) is 0 Å². The summed E-state index contributed by atoms with van der Waals surface area (Å²) >= 11 is 0. The Balaban J connectivity index is 0.000000232. The van der Waals surface area contributed by atoms with Crippen molar-refractivity contribution in [2.24, 2.45) is 5.73 Å². The number of carbonyl (C=O) groups excluding carboxylic acids is 7. The molecule has 10 N–H and O–H groups in total. The van der Waals surface area contributed by atoms with Crippen LogP contribution in [0.1, 0.15) is 112 Å². The molecule has 8 rings (SSSR count). The van der Waals surface area contributed by atoms with Crippen molar-refractivity contribution in [1.82, 2.24) is 37.2 Å². The quantitative estimate of drug-likeness (QED) is 0.0493. The Bertz CT molecular complexity index is 2550. The summed E-state index contributed by atoms with van der Waals surface area (Å²) in [6.45, 7) is 6.31. The van der Waals surface area contributed by atoms with Crippen molar-refractivity contribution in [3.8, 4) is 22.3 Å². The zero-order valence-corrected chi connectivity index (χ0v) is 42.6. The van der Waals surface area contributed by atoms with Crippen molar-refractivity contribution in [3.05, 3.63) is 119 Å². The maximum absolute atomic E-state index is 12.4. The predicted octanol–water partition coefficient (Wildman–Crippen LogP) is 5.10. The Hall–Kier alpha value is -7.80. The number of rotatable bonds is 21. The highest BCUT2D eigenvalue weighted by Crippen LogP contribution is 2.45. The summed E-state index contributed by atoms with van der Waals surface area (Å²) in [6, 6.07) is 29.9. The number of fused-ring (bicyclic) bond motifs is 6. The molecule has 2 aliphatic carbocycles. The van der Waals surface area contributed by atoms with Crippen molar-refractivity contribution in [2.75, 3.05) is 39.4 Å². The Labute approximate surface area is 437 Å². The molecule has 2 fully saturated rings. The molecular formula is C56H70N8O11. The zero-order chi connectivity index (χ0) is 53.7. The second-order valence-electron chi connectivity index (χ2n) is 18.6. The van der Waals surface area contributed by atoms with Gasteiger partial charge in [0.25, 0.3) is 0 Å². The van der Waals surface area contributed by atoms with Crippen LogP contribution in [0.4, 0.5) is 9.59 Å². The summed E-state index contributed by atoms with van der Waals surface area (Å²) in [5.41, 5.74) is 14.2. The molecule has 0 spiro atoms. The number of nitrogens with one attached hydrogen (secondary N) is 7. The van der Waals surface area contributed by atoms with Gasteiger partial charge in [0.2, 0.25) is 29.5 Å². The lowest BCUT2D eigenvalue weighted by atomic mass is 9.98. The number of benzene rings is 4. The molecule has 0 bridgehead atoms. The van der Waals surface area contributed by atoms with Gasteiger partial charge in [0.05, 0.1) is 0 Å². The van der Waals surface area contributed by atoms with E-state index < -0.39 is 42.3 Å². The van der Waals surface area contributed by atoms with Gasteiger partial charge in [-0.3, -0.25) is 28.8 Å². The molecule has 4 atom stereocenters. The van der Waals surface area contributed by atoms with Crippen LogP contribution in [0.2, 0.25) is 0 Å². The average molecular weight is 1030 g/mol. The fraction of sp³-hybridized carbons (Fsp3) is 0.429. The number of aliphatic carboxylic acids is 1. The molecule has 0 unspecified atom stereocenters. The van der Waals surface area contributed by atoms with Gasteiger partial charge in [-0.05, 0) is 109 Å². The smallest absolute Gasteiger partial charge is 0.407 e. The van der Waals surface area contributed by atoms with E-state index in [-0.39, 0.29) is 80.3 Å². The summed E-state index contributed by atoms with van der Waals surface area (Å²) in [4.78, 5) is 95.7. The maximum atomic E-state index is 12.4. The van der Waals surface area contributed by atoms with Gasteiger partial charge in [-0.1, -0.05) is 104 Å². The summed E-state index contributed by atoms with van der Waals surface area (Å²) < 4.78 is 11.0. The molecule has 2 heterocycles. The van der Waals surface area contributed by atoms with Crippen LogP contribution in [0, 0.1) is 0 Å². The first-order valence-electron chi connectivity index (χ1n) is 25.9. The van der Waals surface area contributed by atoms with Crippen molar-refractivity contribution in [1.29, 1.82) is 0 Å². The number of hydrogen-bond donors (Lipinski definition) is 9. The van der Waals surface area contributed by atoms with Gasteiger partial charge in [-0.25, -0.2) is 9.59 Å². The monoisotopic (exact) mass is 1030 g/mol. The van der Waals surface area contributed by atoms with Gasteiger partial charge >= 0.3 is 18.2 Å². The van der Waals surface area contributed by atoms with Crippen molar-refractivity contribution >= 4 is 47.7 Å². The first kappa shape index (κ1) is 56.5. The first-order valence-corrected chi connectivity index (χ1v) is 25.9. The van der Waals surface area contributed by atoms with Gasteiger partial charge in [0, 0.05) is 44.3 Å². The summed E-state index contributed by atoms with van der Waals surface area (Å²) in [5, 5.41) is 27.6. The van der Waals surface area contributed by atoms with E-state index in [1.54, 1.807) is 0 Å². The van der Waals surface area contributed by atoms with E-state index in [0.29, 0.717) is 58.2 Å². The van der Waals surface area contributed by atoms with Gasteiger partial charge in [-0.15, -0.1) is 0 Å². The number of unbranched alkanes of at least 4 members (excludes halogenated alkanes) is 2. The molecule has 2 saturated heterocycles. The lowest BCUT2D eigenvalue weighted by Gasteiger charge is -2.29. The number of nitrogens with two attached hydrogens (primary N) is 1. The van der Waals surface area contributed by atoms with Crippen LogP contribution < -0.4 is 43.0 Å². The molecule has 2 aliphatic heterocycles. The van der Waals surface area contributed by atoms with Crippen molar-refractivity contribution in [2.45, 2.75) is 114 Å². The molecule has 4 aliphatic rings. The highest BCUT2D eigenvalue weighted by atomic mass is 16.6. The largest absolute Gasteiger partial charge is 0.481 e. The third-order valence-corrected chi connectivity index (χ3v) is 13.3. The maximum Gasteiger partial charge on any atom is 0.407 e. The number of carboxylic acids is 1. The molecule has 0 saturated carbocycles.